The second kappa shape index (κ2) is 7.44. The van der Waals surface area contributed by atoms with E-state index in [1.165, 1.54) is 0 Å². The number of aryl methyl sites for hydroxylation is 2. The van der Waals surface area contributed by atoms with E-state index in [9.17, 15) is 4.39 Å². The van der Waals surface area contributed by atoms with Crippen molar-refractivity contribution in [2.45, 2.75) is 47.5 Å². The van der Waals surface area contributed by atoms with Gasteiger partial charge >= 0.3 is 0 Å². The number of rotatable bonds is 3. The molecule has 15 heavy (non-hydrogen) atoms. The second-order valence-electron chi connectivity index (χ2n) is 4.03. The Kier molecular flexibility index (Phi) is 7.02. The van der Waals surface area contributed by atoms with E-state index in [1.54, 1.807) is 6.07 Å². The van der Waals surface area contributed by atoms with E-state index < -0.39 is 0 Å². The van der Waals surface area contributed by atoms with Gasteiger partial charge in [0, 0.05) is 0 Å². The molecule has 0 saturated carbocycles. The van der Waals surface area contributed by atoms with Gasteiger partial charge in [-0.05, 0) is 37.3 Å². The second-order valence-corrected chi connectivity index (χ2v) is 4.03. The minimum absolute atomic E-state index is 0.0637. The highest BCUT2D eigenvalue weighted by atomic mass is 19.1. The van der Waals surface area contributed by atoms with Crippen LogP contribution in [0.4, 0.5) is 4.39 Å². The minimum atomic E-state index is -0.0637. The molecule has 0 heterocycles. The molecule has 0 aliphatic heterocycles. The van der Waals surface area contributed by atoms with Crippen LogP contribution >= 0.6 is 0 Å². The molecule has 1 aromatic rings. The summed E-state index contributed by atoms with van der Waals surface area (Å²) in [6.07, 6.45) is 1.91. The van der Waals surface area contributed by atoms with Gasteiger partial charge in [-0.25, -0.2) is 4.39 Å². The predicted molar refractivity (Wildman–Crippen MR) is 65.6 cm³/mol. The highest BCUT2D eigenvalue weighted by molar-refractivity contribution is 5.24. The molecule has 1 aromatic carbocycles. The summed E-state index contributed by atoms with van der Waals surface area (Å²) in [7, 11) is 0. The van der Waals surface area contributed by atoms with Crippen molar-refractivity contribution in [2.75, 3.05) is 0 Å². The molecule has 0 amide bonds. The van der Waals surface area contributed by atoms with Crippen LogP contribution in [-0.4, -0.2) is 0 Å². The van der Waals surface area contributed by atoms with Crippen LogP contribution in [0.1, 0.15) is 45.2 Å². The molecule has 0 nitrogen and oxygen atoms in total. The molecule has 0 unspecified atom stereocenters. The maximum Gasteiger partial charge on any atom is 0.126 e. The Morgan fingerprint density at radius 1 is 1.20 bits per heavy atom. The van der Waals surface area contributed by atoms with E-state index in [0.29, 0.717) is 5.92 Å². The lowest BCUT2D eigenvalue weighted by Gasteiger charge is -2.06. The van der Waals surface area contributed by atoms with Crippen LogP contribution in [0.5, 0.6) is 0 Å². The van der Waals surface area contributed by atoms with Crippen LogP contribution in [0.2, 0.25) is 0 Å². The first kappa shape index (κ1) is 14.2. The van der Waals surface area contributed by atoms with Gasteiger partial charge in [-0.1, -0.05) is 45.4 Å². The van der Waals surface area contributed by atoms with E-state index in [2.05, 4.69) is 13.8 Å². The highest BCUT2D eigenvalue weighted by Crippen LogP contribution is 2.14. The Morgan fingerprint density at radius 3 is 2.33 bits per heavy atom. The largest absolute Gasteiger partial charge is 0.207 e. The zero-order chi connectivity index (χ0) is 11.8. The van der Waals surface area contributed by atoms with E-state index in [1.807, 2.05) is 32.9 Å². The topological polar surface area (TPSA) is 0 Å². The number of hydrogen-bond donors (Lipinski definition) is 0. The molecule has 0 N–H and O–H groups in total. The molecule has 0 bridgehead atoms. The number of benzene rings is 1. The fourth-order valence-corrected chi connectivity index (χ4v) is 1.34. The first-order chi connectivity index (χ1) is 7.09. The van der Waals surface area contributed by atoms with E-state index in [4.69, 9.17) is 0 Å². The lowest BCUT2D eigenvalue weighted by Crippen LogP contribution is -1.95. The van der Waals surface area contributed by atoms with Crippen molar-refractivity contribution < 1.29 is 4.39 Å². The summed E-state index contributed by atoms with van der Waals surface area (Å²) in [6.45, 7) is 10.3. The van der Waals surface area contributed by atoms with E-state index in [-0.39, 0.29) is 5.82 Å². The monoisotopic (exact) mass is 210 g/mol. The van der Waals surface area contributed by atoms with Crippen molar-refractivity contribution in [3.05, 3.63) is 35.1 Å². The number of hydrogen-bond acceptors (Lipinski definition) is 0. The van der Waals surface area contributed by atoms with Crippen molar-refractivity contribution in [1.82, 2.24) is 0 Å². The molecule has 0 atom stereocenters. The summed E-state index contributed by atoms with van der Waals surface area (Å²) in [6, 6.07) is 5.32. The Balaban J connectivity index is 0.000000921. The van der Waals surface area contributed by atoms with Crippen LogP contribution in [0.15, 0.2) is 18.2 Å². The number of halogens is 1. The first-order valence-corrected chi connectivity index (χ1v) is 5.84. The summed E-state index contributed by atoms with van der Waals surface area (Å²) in [5.74, 6) is 0.575. The van der Waals surface area contributed by atoms with Gasteiger partial charge in [0.2, 0.25) is 0 Å². The average Bonchev–Trinajstić information content (AvgIpc) is 2.22. The lowest BCUT2D eigenvalue weighted by molar-refractivity contribution is 0.558. The van der Waals surface area contributed by atoms with Gasteiger partial charge in [0.1, 0.15) is 5.82 Å². The molecular weight excluding hydrogens is 187 g/mol. The smallest absolute Gasteiger partial charge is 0.126 e. The highest BCUT2D eigenvalue weighted by Gasteiger charge is 2.03. The molecule has 1 rings (SSSR count). The molecule has 0 fully saturated rings. The summed E-state index contributed by atoms with van der Waals surface area (Å²) >= 11 is 0. The van der Waals surface area contributed by atoms with Gasteiger partial charge in [0.15, 0.2) is 0 Å². The molecule has 1 heteroatoms. The quantitative estimate of drug-likeness (QED) is 0.675. The van der Waals surface area contributed by atoms with E-state index in [0.717, 1.165) is 24.0 Å². The standard InChI is InChI=1S/C12H17F.C2H6/c1-9(2)4-6-11-8-10(3)5-7-12(11)13;1-2/h5,7-9H,4,6H2,1-3H3;1-2H3. The van der Waals surface area contributed by atoms with Crippen LogP contribution in [0, 0.1) is 18.7 Å². The zero-order valence-corrected chi connectivity index (χ0v) is 10.6. The normalized spacial score (nSPS) is 9.80. The van der Waals surface area contributed by atoms with Gasteiger partial charge in [-0.3, -0.25) is 0 Å². The third-order valence-electron chi connectivity index (χ3n) is 2.19. The van der Waals surface area contributed by atoms with Gasteiger partial charge in [0.05, 0.1) is 0 Å². The zero-order valence-electron chi connectivity index (χ0n) is 10.6. The van der Waals surface area contributed by atoms with Crippen molar-refractivity contribution in [3.63, 3.8) is 0 Å². The summed E-state index contributed by atoms with van der Waals surface area (Å²) in [4.78, 5) is 0. The molecule has 0 radical (unpaired) electrons. The summed E-state index contributed by atoms with van der Waals surface area (Å²) < 4.78 is 13.2. The maximum atomic E-state index is 13.2. The molecular formula is C14H23F. The van der Waals surface area contributed by atoms with Crippen molar-refractivity contribution in [2.24, 2.45) is 5.92 Å². The van der Waals surface area contributed by atoms with Gasteiger partial charge in [-0.2, -0.15) is 0 Å². The Hall–Kier alpha value is -0.850. The van der Waals surface area contributed by atoms with Gasteiger partial charge in [-0.15, -0.1) is 0 Å². The average molecular weight is 210 g/mol. The van der Waals surface area contributed by atoms with Crippen molar-refractivity contribution in [3.8, 4) is 0 Å². The predicted octanol–water partition coefficient (Wildman–Crippen LogP) is 4.75. The van der Waals surface area contributed by atoms with Gasteiger partial charge in [0.25, 0.3) is 0 Å². The molecule has 0 saturated heterocycles. The Labute approximate surface area is 93.5 Å². The van der Waals surface area contributed by atoms with Crippen LogP contribution in [0.25, 0.3) is 0 Å². The van der Waals surface area contributed by atoms with Gasteiger partial charge < -0.3 is 0 Å². The molecule has 86 valence electrons. The molecule has 0 spiro atoms. The van der Waals surface area contributed by atoms with Crippen LogP contribution in [0.3, 0.4) is 0 Å². The third kappa shape index (κ3) is 5.56. The SMILES string of the molecule is CC.Cc1ccc(F)c(CCC(C)C)c1. The Bertz CT molecular complexity index is 277. The minimum Gasteiger partial charge on any atom is -0.207 e. The third-order valence-corrected chi connectivity index (χ3v) is 2.19. The fraction of sp³-hybridized carbons (Fsp3) is 0.571. The lowest BCUT2D eigenvalue weighted by atomic mass is 10.0. The first-order valence-electron chi connectivity index (χ1n) is 5.84. The maximum absolute atomic E-state index is 13.2. The van der Waals surface area contributed by atoms with Crippen molar-refractivity contribution >= 4 is 0 Å². The summed E-state index contributed by atoms with van der Waals surface area (Å²) in [5, 5.41) is 0. The molecule has 0 aromatic heterocycles. The fourth-order valence-electron chi connectivity index (χ4n) is 1.34. The van der Waals surface area contributed by atoms with Crippen LogP contribution in [-0.2, 0) is 6.42 Å². The van der Waals surface area contributed by atoms with Crippen LogP contribution < -0.4 is 0 Å². The summed E-state index contributed by atoms with van der Waals surface area (Å²) in [5.41, 5.74) is 1.99. The van der Waals surface area contributed by atoms with Crippen molar-refractivity contribution in [1.29, 1.82) is 0 Å². The van der Waals surface area contributed by atoms with E-state index >= 15 is 0 Å². The Morgan fingerprint density at radius 2 is 1.80 bits per heavy atom. The molecule has 0 aliphatic rings. The molecule has 0 aliphatic carbocycles.